The van der Waals surface area contributed by atoms with Gasteiger partial charge in [0.1, 0.15) is 11.6 Å². The van der Waals surface area contributed by atoms with Crippen molar-refractivity contribution in [3.05, 3.63) is 65.5 Å². The van der Waals surface area contributed by atoms with Crippen LogP contribution in [0.4, 0.5) is 14.5 Å². The van der Waals surface area contributed by atoms with Gasteiger partial charge in [0, 0.05) is 56.2 Å². The van der Waals surface area contributed by atoms with Crippen molar-refractivity contribution in [3.63, 3.8) is 0 Å². The Balaban J connectivity index is 1.23. The Hall–Kier alpha value is -3.04. The molecule has 1 atom stereocenters. The van der Waals surface area contributed by atoms with E-state index in [4.69, 9.17) is 0 Å². The molecular formula is C26H29F2N5O2. The molecule has 2 aromatic heterocycles. The van der Waals surface area contributed by atoms with E-state index in [9.17, 15) is 18.7 Å². The average Bonchev–Trinajstić information content (AvgIpc) is 3.50. The highest BCUT2D eigenvalue weighted by molar-refractivity contribution is 6.01. The molecule has 5 heterocycles. The Morgan fingerprint density at radius 3 is 2.60 bits per heavy atom. The summed E-state index contributed by atoms with van der Waals surface area (Å²) >= 11 is 0. The fourth-order valence-electron chi connectivity index (χ4n) is 5.87. The van der Waals surface area contributed by atoms with Gasteiger partial charge in [0.15, 0.2) is 0 Å². The lowest BCUT2D eigenvalue weighted by Gasteiger charge is -2.45. The summed E-state index contributed by atoms with van der Waals surface area (Å²) < 4.78 is 30.1. The van der Waals surface area contributed by atoms with E-state index >= 15 is 0 Å². The Morgan fingerprint density at radius 1 is 1.03 bits per heavy atom. The first-order valence-electron chi connectivity index (χ1n) is 12.4. The Bertz CT molecular complexity index is 1250. The Labute approximate surface area is 202 Å². The van der Waals surface area contributed by atoms with Gasteiger partial charge in [-0.25, -0.2) is 13.3 Å². The molecule has 0 spiro atoms. The van der Waals surface area contributed by atoms with Crippen LogP contribution < -0.4 is 4.90 Å². The van der Waals surface area contributed by atoms with E-state index in [1.807, 2.05) is 23.2 Å². The Kier molecular flexibility index (Phi) is 5.69. The van der Waals surface area contributed by atoms with Gasteiger partial charge >= 0.3 is 0 Å². The topological polar surface area (TPSA) is 64.3 Å². The molecular weight excluding hydrogens is 452 g/mol. The van der Waals surface area contributed by atoms with Crippen molar-refractivity contribution in [1.82, 2.24) is 19.4 Å². The van der Waals surface area contributed by atoms with Crippen LogP contribution in [0.2, 0.25) is 0 Å². The maximum Gasteiger partial charge on any atom is 0.257 e. The van der Waals surface area contributed by atoms with Crippen molar-refractivity contribution in [2.24, 2.45) is 0 Å². The molecule has 0 bridgehead atoms. The van der Waals surface area contributed by atoms with Crippen LogP contribution in [0.5, 0.6) is 0 Å². The van der Waals surface area contributed by atoms with Crippen LogP contribution in [0.1, 0.15) is 47.6 Å². The van der Waals surface area contributed by atoms with E-state index in [-0.39, 0.29) is 18.1 Å². The van der Waals surface area contributed by atoms with Crippen molar-refractivity contribution in [2.75, 3.05) is 37.6 Å². The molecule has 0 radical (unpaired) electrons. The number of anilines is 1. The van der Waals surface area contributed by atoms with Crippen LogP contribution in [0.3, 0.4) is 0 Å². The lowest BCUT2D eigenvalue weighted by atomic mass is 9.98. The van der Waals surface area contributed by atoms with Crippen molar-refractivity contribution in [2.45, 2.75) is 43.9 Å². The molecule has 0 aliphatic carbocycles. The number of carbonyl (C=O) groups is 1. The van der Waals surface area contributed by atoms with Crippen molar-refractivity contribution in [1.29, 1.82) is 0 Å². The van der Waals surface area contributed by atoms with Crippen molar-refractivity contribution >= 4 is 17.1 Å². The number of rotatable bonds is 4. The van der Waals surface area contributed by atoms with Gasteiger partial charge in [-0.2, -0.15) is 5.10 Å². The second kappa shape index (κ2) is 8.87. The monoisotopic (exact) mass is 481 g/mol. The number of carbonyl (C=O) groups excluding carboxylic acids is 1. The van der Waals surface area contributed by atoms with Gasteiger partial charge in [-0.3, -0.25) is 9.69 Å². The number of hydrogen-bond donors (Lipinski definition) is 1. The number of fused-ring (bicyclic) bond motifs is 1. The van der Waals surface area contributed by atoms with E-state index in [0.29, 0.717) is 35.8 Å². The molecule has 7 nitrogen and oxygen atoms in total. The summed E-state index contributed by atoms with van der Waals surface area (Å²) in [6, 6.07) is 7.63. The normalized spacial score (nSPS) is 22.2. The van der Waals surface area contributed by atoms with E-state index in [1.165, 1.54) is 12.1 Å². The zero-order valence-corrected chi connectivity index (χ0v) is 19.5. The number of hydrogen-bond acceptors (Lipinski definition) is 5. The largest absolute Gasteiger partial charge is 0.390 e. The van der Waals surface area contributed by atoms with Crippen molar-refractivity contribution < 1.29 is 18.7 Å². The number of β-amino-alcohol motifs (C(OH)–C–C–N with tert-alkyl or cyclic N) is 1. The third-order valence-corrected chi connectivity index (χ3v) is 7.80. The predicted molar refractivity (Wildman–Crippen MR) is 127 cm³/mol. The first-order valence-corrected chi connectivity index (χ1v) is 12.4. The number of amides is 1. The number of likely N-dealkylation sites (tertiary alicyclic amines) is 2. The van der Waals surface area contributed by atoms with Crippen LogP contribution in [0, 0.1) is 11.6 Å². The summed E-state index contributed by atoms with van der Waals surface area (Å²) in [5.74, 6) is -0.879. The molecule has 0 unspecified atom stereocenters. The number of halogens is 2. The van der Waals surface area contributed by atoms with Crippen LogP contribution in [-0.2, 0) is 0 Å². The zero-order chi connectivity index (χ0) is 24.1. The summed E-state index contributed by atoms with van der Waals surface area (Å²) in [5, 5.41) is 14.0. The van der Waals surface area contributed by atoms with E-state index < -0.39 is 11.6 Å². The summed E-state index contributed by atoms with van der Waals surface area (Å²) in [5.41, 5.74) is 2.50. The number of aliphatic hydroxyl groups excluding tert-OH is 1. The van der Waals surface area contributed by atoms with Crippen molar-refractivity contribution in [3.8, 4) is 0 Å². The molecule has 3 saturated heterocycles. The predicted octanol–water partition coefficient (Wildman–Crippen LogP) is 3.24. The number of benzene rings is 1. The molecule has 184 valence electrons. The molecule has 9 heteroatoms. The number of aliphatic hydroxyl groups is 1. The van der Waals surface area contributed by atoms with Gasteiger partial charge in [0.05, 0.1) is 29.4 Å². The molecule has 3 aliphatic heterocycles. The minimum atomic E-state index is -0.443. The highest BCUT2D eigenvalue weighted by Crippen LogP contribution is 2.38. The molecule has 35 heavy (non-hydrogen) atoms. The SMILES string of the molecule is O=C(c1cnn2ccc(N3CCC[C@@H]3c3cc(F)ccc3F)cc12)N1CCC(N2CC(O)C2)CC1. The maximum absolute atomic E-state index is 14.5. The molecule has 0 saturated carbocycles. The first-order chi connectivity index (χ1) is 17.0. The smallest absolute Gasteiger partial charge is 0.257 e. The number of piperidine rings is 1. The summed E-state index contributed by atoms with van der Waals surface area (Å²) in [6.07, 6.45) is 6.64. The summed E-state index contributed by atoms with van der Waals surface area (Å²) in [6.45, 7) is 3.55. The summed E-state index contributed by atoms with van der Waals surface area (Å²) in [4.78, 5) is 19.7. The van der Waals surface area contributed by atoms with Crippen LogP contribution >= 0.6 is 0 Å². The van der Waals surface area contributed by atoms with Gasteiger partial charge in [-0.1, -0.05) is 0 Å². The molecule has 6 rings (SSSR count). The van der Waals surface area contributed by atoms with E-state index in [1.54, 1.807) is 10.7 Å². The van der Waals surface area contributed by atoms with Crippen LogP contribution in [0.15, 0.2) is 42.7 Å². The molecule has 1 amide bonds. The van der Waals surface area contributed by atoms with Gasteiger partial charge in [0.2, 0.25) is 0 Å². The van der Waals surface area contributed by atoms with Crippen LogP contribution in [0.25, 0.3) is 5.52 Å². The Morgan fingerprint density at radius 2 is 1.83 bits per heavy atom. The van der Waals surface area contributed by atoms with Gasteiger partial charge in [-0.15, -0.1) is 0 Å². The molecule has 1 aromatic carbocycles. The zero-order valence-electron chi connectivity index (χ0n) is 19.5. The van der Waals surface area contributed by atoms with E-state index in [2.05, 4.69) is 14.9 Å². The quantitative estimate of drug-likeness (QED) is 0.620. The lowest BCUT2D eigenvalue weighted by Crippen LogP contribution is -2.58. The maximum atomic E-state index is 14.5. The summed E-state index contributed by atoms with van der Waals surface area (Å²) in [7, 11) is 0. The first kappa shape index (κ1) is 22.4. The second-order valence-corrected chi connectivity index (χ2v) is 9.92. The van der Waals surface area contributed by atoms with Crippen LogP contribution in [-0.4, -0.2) is 75.3 Å². The molecule has 3 aliphatic rings. The highest BCUT2D eigenvalue weighted by Gasteiger charge is 2.35. The molecule has 1 N–H and O–H groups in total. The third kappa shape index (κ3) is 4.06. The fourth-order valence-corrected chi connectivity index (χ4v) is 5.87. The lowest BCUT2D eigenvalue weighted by molar-refractivity contribution is -0.0381. The molecule has 3 fully saturated rings. The fraction of sp³-hybridized carbons (Fsp3) is 0.462. The number of aromatic nitrogens is 2. The number of pyridine rings is 1. The average molecular weight is 482 g/mol. The highest BCUT2D eigenvalue weighted by atomic mass is 19.1. The second-order valence-electron chi connectivity index (χ2n) is 9.92. The number of nitrogens with zero attached hydrogens (tertiary/aromatic N) is 5. The van der Waals surface area contributed by atoms with Gasteiger partial charge in [0.25, 0.3) is 5.91 Å². The van der Waals surface area contributed by atoms with E-state index in [0.717, 1.165) is 57.1 Å². The standard InChI is InChI=1S/C26H29F2N5O2/c27-17-3-4-23(28)21(12-17)24-2-1-8-32(24)19-7-11-33-25(13-19)22(14-29-33)26(35)30-9-5-18(6-10-30)31-15-20(34)16-31/h3-4,7,11-14,18,20,24,34H,1-2,5-6,8-10,15-16H2/t24-/m1/s1. The van der Waals surface area contributed by atoms with Gasteiger partial charge < -0.3 is 14.9 Å². The minimum Gasteiger partial charge on any atom is -0.390 e. The molecule has 3 aromatic rings. The minimum absolute atomic E-state index is 0.0339. The third-order valence-electron chi connectivity index (χ3n) is 7.80. The van der Waals surface area contributed by atoms with Gasteiger partial charge in [-0.05, 0) is 56.0 Å².